The van der Waals surface area contributed by atoms with Gasteiger partial charge in [0, 0.05) is 0 Å². The second-order valence-electron chi connectivity index (χ2n) is 12.9. The van der Waals surface area contributed by atoms with Crippen molar-refractivity contribution in [3.8, 4) is 5.75 Å². The molecule has 0 atom stereocenters. The predicted octanol–water partition coefficient (Wildman–Crippen LogP) is 11.2. The number of halogens is 1. The first kappa shape index (κ1) is 32.9. The van der Waals surface area contributed by atoms with Crippen LogP contribution < -0.4 is 4.74 Å². The van der Waals surface area contributed by atoms with Gasteiger partial charge in [-0.2, -0.15) is 0 Å². The standard InChI is InChI=1S/C36H59FO3/c1-3-5-7-9-11-13-15-27-39-35-26-23-32(28-34(35)37)36(38)40-33-24-21-31(22-25-33)30-19-17-29(18-20-30)16-14-12-10-8-6-4-2/h23,26,28-31,33H,3-22,24-25,27H2,1-2H3. The quantitative estimate of drug-likeness (QED) is 0.125. The minimum atomic E-state index is -0.479. The third-order valence-corrected chi connectivity index (χ3v) is 9.69. The third-order valence-electron chi connectivity index (χ3n) is 9.69. The van der Waals surface area contributed by atoms with Gasteiger partial charge in [-0.1, -0.05) is 110 Å². The highest BCUT2D eigenvalue weighted by Gasteiger charge is 2.32. The van der Waals surface area contributed by atoms with Crippen molar-refractivity contribution in [2.75, 3.05) is 6.61 Å². The van der Waals surface area contributed by atoms with E-state index in [1.54, 1.807) is 12.1 Å². The fourth-order valence-corrected chi connectivity index (χ4v) is 7.05. The van der Waals surface area contributed by atoms with E-state index < -0.39 is 11.8 Å². The van der Waals surface area contributed by atoms with Crippen LogP contribution in [0.25, 0.3) is 0 Å². The van der Waals surface area contributed by atoms with E-state index in [2.05, 4.69) is 13.8 Å². The normalized spacial score (nSPS) is 23.2. The molecule has 2 aliphatic carbocycles. The van der Waals surface area contributed by atoms with Crippen LogP contribution in [0.5, 0.6) is 5.75 Å². The monoisotopic (exact) mass is 558 g/mol. The Balaban J connectivity index is 1.28. The van der Waals surface area contributed by atoms with E-state index >= 15 is 0 Å². The number of esters is 1. The number of rotatable bonds is 19. The van der Waals surface area contributed by atoms with Crippen molar-refractivity contribution in [1.29, 1.82) is 0 Å². The first-order chi connectivity index (χ1) is 19.6. The first-order valence-electron chi connectivity index (χ1n) is 17.2. The summed E-state index contributed by atoms with van der Waals surface area (Å²) in [6, 6.07) is 4.49. The van der Waals surface area contributed by atoms with Crippen LogP contribution in [0.3, 0.4) is 0 Å². The molecule has 0 N–H and O–H groups in total. The lowest BCUT2D eigenvalue weighted by molar-refractivity contribution is 0.0109. The number of carbonyl (C=O) groups excluding carboxylic acids is 1. The van der Waals surface area contributed by atoms with Gasteiger partial charge in [-0.05, 0) is 80.9 Å². The molecule has 3 nitrogen and oxygen atoms in total. The molecule has 0 unspecified atom stereocenters. The number of hydrogen-bond acceptors (Lipinski definition) is 3. The molecule has 1 aromatic carbocycles. The van der Waals surface area contributed by atoms with Gasteiger partial charge in [-0.25, -0.2) is 9.18 Å². The molecule has 1 aromatic rings. The molecule has 0 radical (unpaired) electrons. The van der Waals surface area contributed by atoms with Crippen molar-refractivity contribution in [1.82, 2.24) is 0 Å². The van der Waals surface area contributed by atoms with Gasteiger partial charge in [0.25, 0.3) is 0 Å². The second kappa shape index (κ2) is 19.5. The summed E-state index contributed by atoms with van der Waals surface area (Å²) in [5, 5.41) is 0. The van der Waals surface area contributed by atoms with Gasteiger partial charge in [0.15, 0.2) is 11.6 Å². The Morgan fingerprint density at radius 2 is 1.27 bits per heavy atom. The maximum Gasteiger partial charge on any atom is 0.338 e. The molecule has 4 heteroatoms. The van der Waals surface area contributed by atoms with Gasteiger partial charge >= 0.3 is 5.97 Å². The Morgan fingerprint density at radius 3 is 1.88 bits per heavy atom. The SMILES string of the molecule is CCCCCCCCCOc1ccc(C(=O)OC2CCC(C3CCC(CCCCCCCC)CC3)CC2)cc1F. The van der Waals surface area contributed by atoms with Crippen LogP contribution in [-0.2, 0) is 4.74 Å². The van der Waals surface area contributed by atoms with Gasteiger partial charge in [-0.3, -0.25) is 0 Å². The molecular weight excluding hydrogens is 499 g/mol. The summed E-state index contributed by atoms with van der Waals surface area (Å²) in [7, 11) is 0. The summed E-state index contributed by atoms with van der Waals surface area (Å²) in [6.07, 6.45) is 28.0. The molecule has 40 heavy (non-hydrogen) atoms. The van der Waals surface area contributed by atoms with Crippen molar-refractivity contribution < 1.29 is 18.7 Å². The van der Waals surface area contributed by atoms with E-state index in [1.165, 1.54) is 109 Å². The highest BCUT2D eigenvalue weighted by molar-refractivity contribution is 5.89. The Morgan fingerprint density at radius 1 is 0.725 bits per heavy atom. The maximum atomic E-state index is 14.6. The topological polar surface area (TPSA) is 35.5 Å². The summed E-state index contributed by atoms with van der Waals surface area (Å²) < 4.78 is 26.0. The van der Waals surface area contributed by atoms with Crippen LogP contribution in [0.4, 0.5) is 4.39 Å². The number of unbranched alkanes of at least 4 members (excludes halogenated alkanes) is 11. The molecule has 2 aliphatic rings. The lowest BCUT2D eigenvalue weighted by Gasteiger charge is -2.37. The van der Waals surface area contributed by atoms with Gasteiger partial charge < -0.3 is 9.47 Å². The van der Waals surface area contributed by atoms with Crippen LogP contribution in [0.1, 0.15) is 165 Å². The molecule has 2 saturated carbocycles. The maximum absolute atomic E-state index is 14.6. The van der Waals surface area contributed by atoms with Crippen molar-refractivity contribution in [2.45, 2.75) is 161 Å². The van der Waals surface area contributed by atoms with Crippen LogP contribution >= 0.6 is 0 Å². The summed E-state index contributed by atoms with van der Waals surface area (Å²) in [5.41, 5.74) is 0.284. The highest BCUT2D eigenvalue weighted by Crippen LogP contribution is 2.41. The number of carbonyl (C=O) groups is 1. The fourth-order valence-electron chi connectivity index (χ4n) is 7.05. The largest absolute Gasteiger partial charge is 0.491 e. The zero-order chi connectivity index (χ0) is 28.4. The van der Waals surface area contributed by atoms with Crippen LogP contribution in [-0.4, -0.2) is 18.7 Å². The molecule has 0 spiro atoms. The van der Waals surface area contributed by atoms with E-state index in [0.717, 1.165) is 56.3 Å². The lowest BCUT2D eigenvalue weighted by atomic mass is 9.70. The summed E-state index contributed by atoms with van der Waals surface area (Å²) in [4.78, 5) is 12.7. The Labute approximate surface area is 245 Å². The van der Waals surface area contributed by atoms with Crippen LogP contribution in [0.15, 0.2) is 18.2 Å². The third kappa shape index (κ3) is 12.1. The predicted molar refractivity (Wildman–Crippen MR) is 164 cm³/mol. The Bertz CT molecular complexity index is 808. The average molecular weight is 559 g/mol. The van der Waals surface area contributed by atoms with Crippen LogP contribution in [0.2, 0.25) is 0 Å². The number of benzene rings is 1. The van der Waals surface area contributed by atoms with Crippen molar-refractivity contribution in [2.24, 2.45) is 17.8 Å². The van der Waals surface area contributed by atoms with E-state index in [4.69, 9.17) is 9.47 Å². The zero-order valence-corrected chi connectivity index (χ0v) is 25.9. The van der Waals surface area contributed by atoms with Gasteiger partial charge in [0.05, 0.1) is 12.2 Å². The molecule has 0 aromatic heterocycles. The van der Waals surface area contributed by atoms with Crippen molar-refractivity contribution in [3.05, 3.63) is 29.6 Å². The highest BCUT2D eigenvalue weighted by atomic mass is 19.1. The number of ether oxygens (including phenoxy) is 2. The average Bonchev–Trinajstić information content (AvgIpc) is 2.97. The molecule has 3 rings (SSSR count). The van der Waals surface area contributed by atoms with Crippen molar-refractivity contribution in [3.63, 3.8) is 0 Å². The second-order valence-corrected chi connectivity index (χ2v) is 12.9. The molecule has 0 saturated heterocycles. The summed E-state index contributed by atoms with van der Waals surface area (Å²) >= 11 is 0. The van der Waals surface area contributed by atoms with E-state index in [9.17, 15) is 9.18 Å². The zero-order valence-electron chi connectivity index (χ0n) is 25.9. The van der Waals surface area contributed by atoms with Gasteiger partial charge in [0.1, 0.15) is 6.10 Å². The molecule has 2 fully saturated rings. The number of hydrogen-bond donors (Lipinski definition) is 0. The van der Waals surface area contributed by atoms with Gasteiger partial charge in [-0.15, -0.1) is 0 Å². The lowest BCUT2D eigenvalue weighted by Crippen LogP contribution is -2.29. The molecule has 0 bridgehead atoms. The minimum Gasteiger partial charge on any atom is -0.491 e. The van der Waals surface area contributed by atoms with Gasteiger partial charge in [0.2, 0.25) is 0 Å². The molecule has 0 aliphatic heterocycles. The smallest absolute Gasteiger partial charge is 0.338 e. The molecule has 0 heterocycles. The van der Waals surface area contributed by atoms with E-state index in [0.29, 0.717) is 6.61 Å². The molecular formula is C36H59FO3. The van der Waals surface area contributed by atoms with Crippen LogP contribution in [0, 0.1) is 23.6 Å². The molecule has 228 valence electrons. The Kier molecular flexibility index (Phi) is 16.1. The molecule has 0 amide bonds. The fraction of sp³-hybridized carbons (Fsp3) is 0.806. The van der Waals surface area contributed by atoms with E-state index in [1.807, 2.05) is 0 Å². The summed E-state index contributed by atoms with van der Waals surface area (Å²) in [5.74, 6) is 1.95. The van der Waals surface area contributed by atoms with Crippen molar-refractivity contribution >= 4 is 5.97 Å². The van der Waals surface area contributed by atoms with E-state index in [-0.39, 0.29) is 17.4 Å². The first-order valence-corrected chi connectivity index (χ1v) is 17.2. The minimum absolute atomic E-state index is 0.0379. The summed E-state index contributed by atoms with van der Waals surface area (Å²) in [6.45, 7) is 5.02. The Hall–Kier alpha value is -1.58.